The van der Waals surface area contributed by atoms with E-state index in [0.717, 1.165) is 44.8 Å². The van der Waals surface area contributed by atoms with Gasteiger partial charge in [0, 0.05) is 13.1 Å². The molecule has 0 aliphatic heterocycles. The van der Waals surface area contributed by atoms with E-state index in [4.69, 9.17) is 10.5 Å². The van der Waals surface area contributed by atoms with E-state index < -0.39 is 0 Å². The number of likely N-dealkylation sites (N-methyl/N-ethyl adjacent to an activating group) is 1. The van der Waals surface area contributed by atoms with Gasteiger partial charge in [0.2, 0.25) is 0 Å². The van der Waals surface area contributed by atoms with Crippen LogP contribution in [0.1, 0.15) is 24.5 Å². The van der Waals surface area contributed by atoms with Gasteiger partial charge in [0.25, 0.3) is 0 Å². The standard InChI is InChI=1S/C20H28N2O/c1-2-22(17-19-7-4-3-5-8-19)15-16-23-20-12-10-18(11-13-20)9-6-14-21/h3-5,7-8,10-13H,2,6,9,14-17,21H2,1H3. The second kappa shape index (κ2) is 10.0. The molecule has 0 heterocycles. The predicted molar refractivity (Wildman–Crippen MR) is 96.7 cm³/mol. The molecule has 2 N–H and O–H groups in total. The summed E-state index contributed by atoms with van der Waals surface area (Å²) in [6, 6.07) is 18.9. The topological polar surface area (TPSA) is 38.5 Å². The number of hydrogen-bond donors (Lipinski definition) is 1. The van der Waals surface area contributed by atoms with Gasteiger partial charge in [0.1, 0.15) is 12.4 Å². The van der Waals surface area contributed by atoms with Crippen LogP contribution in [0.3, 0.4) is 0 Å². The van der Waals surface area contributed by atoms with E-state index in [-0.39, 0.29) is 0 Å². The lowest BCUT2D eigenvalue weighted by atomic mass is 10.1. The zero-order valence-electron chi connectivity index (χ0n) is 14.1. The minimum Gasteiger partial charge on any atom is -0.492 e. The first-order valence-electron chi connectivity index (χ1n) is 8.50. The van der Waals surface area contributed by atoms with Crippen molar-refractivity contribution in [2.75, 3.05) is 26.2 Å². The highest BCUT2D eigenvalue weighted by molar-refractivity contribution is 5.27. The maximum Gasteiger partial charge on any atom is 0.119 e. The summed E-state index contributed by atoms with van der Waals surface area (Å²) >= 11 is 0. The molecular weight excluding hydrogens is 284 g/mol. The predicted octanol–water partition coefficient (Wildman–Crippen LogP) is 3.48. The van der Waals surface area contributed by atoms with Crippen LogP contribution in [0.4, 0.5) is 0 Å². The second-order valence-corrected chi connectivity index (χ2v) is 5.74. The first-order chi connectivity index (χ1) is 11.3. The SMILES string of the molecule is CCN(CCOc1ccc(CCCN)cc1)Cc1ccccc1. The lowest BCUT2D eigenvalue weighted by molar-refractivity contribution is 0.210. The molecule has 0 fully saturated rings. The Kier molecular flexibility index (Phi) is 7.64. The molecule has 0 aromatic heterocycles. The van der Waals surface area contributed by atoms with E-state index in [2.05, 4.69) is 66.4 Å². The Labute approximate surface area is 140 Å². The van der Waals surface area contributed by atoms with E-state index in [1.807, 2.05) is 0 Å². The van der Waals surface area contributed by atoms with Crippen molar-refractivity contribution in [3.8, 4) is 5.75 Å². The Morgan fingerprint density at radius 2 is 1.70 bits per heavy atom. The Morgan fingerprint density at radius 1 is 0.957 bits per heavy atom. The number of nitrogens with zero attached hydrogens (tertiary/aromatic N) is 1. The zero-order chi connectivity index (χ0) is 16.3. The Morgan fingerprint density at radius 3 is 2.35 bits per heavy atom. The van der Waals surface area contributed by atoms with Crippen LogP contribution < -0.4 is 10.5 Å². The van der Waals surface area contributed by atoms with Crippen LogP contribution in [0.2, 0.25) is 0 Å². The minimum absolute atomic E-state index is 0.711. The third kappa shape index (κ3) is 6.43. The fourth-order valence-electron chi connectivity index (χ4n) is 2.54. The summed E-state index contributed by atoms with van der Waals surface area (Å²) in [6.07, 6.45) is 2.07. The first-order valence-corrected chi connectivity index (χ1v) is 8.50. The van der Waals surface area contributed by atoms with Crippen molar-refractivity contribution in [2.45, 2.75) is 26.3 Å². The number of benzene rings is 2. The largest absolute Gasteiger partial charge is 0.492 e. The van der Waals surface area contributed by atoms with Gasteiger partial charge in [-0.3, -0.25) is 4.90 Å². The zero-order valence-corrected chi connectivity index (χ0v) is 14.1. The van der Waals surface area contributed by atoms with Crippen molar-refractivity contribution in [1.29, 1.82) is 0 Å². The van der Waals surface area contributed by atoms with Gasteiger partial charge >= 0.3 is 0 Å². The molecule has 2 aromatic carbocycles. The lowest BCUT2D eigenvalue weighted by Gasteiger charge is -2.20. The number of aryl methyl sites for hydroxylation is 1. The molecule has 0 radical (unpaired) electrons. The van der Waals surface area contributed by atoms with E-state index in [1.54, 1.807) is 0 Å². The summed E-state index contributed by atoms with van der Waals surface area (Å²) < 4.78 is 5.87. The Hall–Kier alpha value is -1.84. The van der Waals surface area contributed by atoms with E-state index >= 15 is 0 Å². The summed E-state index contributed by atoms with van der Waals surface area (Å²) in [7, 11) is 0. The smallest absolute Gasteiger partial charge is 0.119 e. The molecule has 0 aliphatic carbocycles. The number of nitrogens with two attached hydrogens (primary N) is 1. The van der Waals surface area contributed by atoms with Crippen LogP contribution in [0, 0.1) is 0 Å². The van der Waals surface area contributed by atoms with Crippen LogP contribution >= 0.6 is 0 Å². The van der Waals surface area contributed by atoms with E-state index in [0.29, 0.717) is 6.61 Å². The van der Waals surface area contributed by atoms with Gasteiger partial charge in [-0.2, -0.15) is 0 Å². The highest BCUT2D eigenvalue weighted by Gasteiger charge is 2.04. The summed E-state index contributed by atoms with van der Waals surface area (Å²) in [6.45, 7) is 6.57. The Balaban J connectivity index is 1.74. The van der Waals surface area contributed by atoms with Crippen LogP contribution in [0.5, 0.6) is 5.75 Å². The minimum atomic E-state index is 0.711. The van der Waals surface area contributed by atoms with Crippen LogP contribution in [0.15, 0.2) is 54.6 Å². The molecule has 0 unspecified atom stereocenters. The molecule has 3 heteroatoms. The summed E-state index contributed by atoms with van der Waals surface area (Å²) in [5.41, 5.74) is 8.21. The Bertz CT molecular complexity index is 539. The summed E-state index contributed by atoms with van der Waals surface area (Å²) in [5, 5.41) is 0. The van der Waals surface area contributed by atoms with Crippen LogP contribution in [-0.4, -0.2) is 31.1 Å². The average Bonchev–Trinajstić information content (AvgIpc) is 2.61. The van der Waals surface area contributed by atoms with Gasteiger partial charge < -0.3 is 10.5 Å². The molecule has 2 rings (SSSR count). The van der Waals surface area contributed by atoms with Crippen molar-refractivity contribution in [3.63, 3.8) is 0 Å². The average molecular weight is 312 g/mol. The highest BCUT2D eigenvalue weighted by atomic mass is 16.5. The van der Waals surface area contributed by atoms with Crippen molar-refractivity contribution >= 4 is 0 Å². The molecule has 0 atom stereocenters. The van der Waals surface area contributed by atoms with Gasteiger partial charge in [0.05, 0.1) is 0 Å². The fourth-order valence-corrected chi connectivity index (χ4v) is 2.54. The van der Waals surface area contributed by atoms with Crippen molar-refractivity contribution in [2.24, 2.45) is 5.73 Å². The van der Waals surface area contributed by atoms with E-state index in [1.165, 1.54) is 11.1 Å². The third-order valence-electron chi connectivity index (χ3n) is 3.97. The first kappa shape index (κ1) is 17.5. The van der Waals surface area contributed by atoms with Crippen LogP contribution in [-0.2, 0) is 13.0 Å². The summed E-state index contributed by atoms with van der Waals surface area (Å²) in [4.78, 5) is 2.39. The molecule has 124 valence electrons. The number of ether oxygens (including phenoxy) is 1. The summed E-state index contributed by atoms with van der Waals surface area (Å²) in [5.74, 6) is 0.942. The number of hydrogen-bond acceptors (Lipinski definition) is 3. The fraction of sp³-hybridized carbons (Fsp3) is 0.400. The molecule has 0 saturated heterocycles. The number of rotatable bonds is 10. The molecule has 0 bridgehead atoms. The molecule has 2 aromatic rings. The lowest BCUT2D eigenvalue weighted by Crippen LogP contribution is -2.27. The van der Waals surface area contributed by atoms with Gasteiger partial charge in [0.15, 0.2) is 0 Å². The van der Waals surface area contributed by atoms with Gasteiger partial charge in [-0.15, -0.1) is 0 Å². The molecular formula is C20H28N2O. The third-order valence-corrected chi connectivity index (χ3v) is 3.97. The van der Waals surface area contributed by atoms with E-state index in [9.17, 15) is 0 Å². The molecule has 0 aliphatic rings. The molecule has 3 nitrogen and oxygen atoms in total. The molecule has 0 saturated carbocycles. The normalized spacial score (nSPS) is 10.9. The maximum absolute atomic E-state index is 5.87. The highest BCUT2D eigenvalue weighted by Crippen LogP contribution is 2.13. The van der Waals surface area contributed by atoms with Gasteiger partial charge in [-0.05, 0) is 49.2 Å². The van der Waals surface area contributed by atoms with Crippen molar-refractivity contribution < 1.29 is 4.74 Å². The van der Waals surface area contributed by atoms with Gasteiger partial charge in [-0.25, -0.2) is 0 Å². The maximum atomic E-state index is 5.87. The monoisotopic (exact) mass is 312 g/mol. The quantitative estimate of drug-likeness (QED) is 0.730. The van der Waals surface area contributed by atoms with Crippen LogP contribution in [0.25, 0.3) is 0 Å². The van der Waals surface area contributed by atoms with Gasteiger partial charge in [-0.1, -0.05) is 49.4 Å². The molecule has 0 amide bonds. The second-order valence-electron chi connectivity index (χ2n) is 5.74. The molecule has 23 heavy (non-hydrogen) atoms. The van der Waals surface area contributed by atoms with Crippen molar-refractivity contribution in [1.82, 2.24) is 4.90 Å². The van der Waals surface area contributed by atoms with Crippen molar-refractivity contribution in [3.05, 3.63) is 65.7 Å². The molecule has 0 spiro atoms.